The fourth-order valence-corrected chi connectivity index (χ4v) is 3.69. The molecule has 0 radical (unpaired) electrons. The summed E-state index contributed by atoms with van der Waals surface area (Å²) >= 11 is 0. The van der Waals surface area contributed by atoms with Crippen molar-refractivity contribution in [1.29, 1.82) is 0 Å². The minimum absolute atomic E-state index is 0.332. The van der Waals surface area contributed by atoms with E-state index in [-0.39, 0.29) is 0 Å². The summed E-state index contributed by atoms with van der Waals surface area (Å²) in [6.07, 6.45) is 8.44. The molecule has 3 heteroatoms. The quantitative estimate of drug-likeness (QED) is 0.687. The van der Waals surface area contributed by atoms with Crippen LogP contribution >= 0.6 is 0 Å². The van der Waals surface area contributed by atoms with E-state index in [0.717, 1.165) is 39.0 Å². The molecule has 2 aliphatic rings. The van der Waals surface area contributed by atoms with Crippen LogP contribution in [0.4, 0.5) is 0 Å². The lowest BCUT2D eigenvalue weighted by Gasteiger charge is -2.39. The van der Waals surface area contributed by atoms with Crippen molar-refractivity contribution in [3.05, 3.63) is 71.3 Å². The summed E-state index contributed by atoms with van der Waals surface area (Å²) in [5.74, 6) is 5.96. The summed E-state index contributed by atoms with van der Waals surface area (Å²) in [6.45, 7) is 9.99. The highest BCUT2D eigenvalue weighted by Gasteiger charge is 2.30. The maximum absolute atomic E-state index is 5.96. The van der Waals surface area contributed by atoms with Gasteiger partial charge in [0.05, 0.1) is 6.04 Å². The number of aryl methyl sites for hydroxylation is 1. The Bertz CT molecular complexity index is 622. The zero-order valence-corrected chi connectivity index (χ0v) is 14.0. The Morgan fingerprint density at radius 3 is 2.61 bits per heavy atom. The van der Waals surface area contributed by atoms with Crippen molar-refractivity contribution in [2.75, 3.05) is 26.2 Å². The van der Waals surface area contributed by atoms with Gasteiger partial charge in [0.25, 0.3) is 0 Å². The molecule has 23 heavy (non-hydrogen) atoms. The molecule has 122 valence electrons. The van der Waals surface area contributed by atoms with Gasteiger partial charge in [-0.15, -0.1) is 0 Å². The van der Waals surface area contributed by atoms with E-state index in [1.807, 2.05) is 11.1 Å². The topological polar surface area (TPSA) is 32.5 Å². The van der Waals surface area contributed by atoms with Crippen LogP contribution in [0.15, 0.2) is 60.2 Å². The standard InChI is InChI=1S/C20H27N3/c1-3-4-8-18-16(2)10-11-17-7-5-6-9-19(17)20(18)22-12-14-23(21)15-13-22/h3-9,20H,1,10-15,21H2,2H3/b8-4-. The second kappa shape index (κ2) is 7.26. The van der Waals surface area contributed by atoms with Gasteiger partial charge in [-0.3, -0.25) is 10.7 Å². The van der Waals surface area contributed by atoms with Gasteiger partial charge in [0.2, 0.25) is 0 Å². The van der Waals surface area contributed by atoms with Crippen molar-refractivity contribution < 1.29 is 0 Å². The molecule has 1 aromatic rings. The van der Waals surface area contributed by atoms with Crippen molar-refractivity contribution in [2.45, 2.75) is 25.8 Å². The van der Waals surface area contributed by atoms with E-state index in [9.17, 15) is 0 Å². The van der Waals surface area contributed by atoms with Gasteiger partial charge in [-0.2, -0.15) is 0 Å². The molecule has 3 rings (SSSR count). The minimum atomic E-state index is 0.332. The molecule has 0 saturated carbocycles. The summed E-state index contributed by atoms with van der Waals surface area (Å²) in [5, 5.41) is 1.93. The number of nitrogens with zero attached hydrogens (tertiary/aromatic N) is 2. The number of allylic oxidation sites excluding steroid dienone is 3. The van der Waals surface area contributed by atoms with Crippen LogP contribution in [0.3, 0.4) is 0 Å². The third-order valence-electron chi connectivity index (χ3n) is 5.03. The molecular formula is C20H27N3. The molecule has 3 nitrogen and oxygen atoms in total. The lowest BCUT2D eigenvalue weighted by molar-refractivity contribution is 0.109. The molecule has 2 N–H and O–H groups in total. The van der Waals surface area contributed by atoms with Crippen molar-refractivity contribution >= 4 is 0 Å². The van der Waals surface area contributed by atoms with Crippen LogP contribution in [0.5, 0.6) is 0 Å². The molecule has 0 spiro atoms. The fourth-order valence-electron chi connectivity index (χ4n) is 3.69. The van der Waals surface area contributed by atoms with E-state index in [2.05, 4.69) is 54.8 Å². The summed E-state index contributed by atoms with van der Waals surface area (Å²) in [5.41, 5.74) is 5.85. The fraction of sp³-hybridized carbons (Fsp3) is 0.400. The van der Waals surface area contributed by atoms with E-state index in [4.69, 9.17) is 5.84 Å². The molecule has 1 aliphatic carbocycles. The monoisotopic (exact) mass is 309 g/mol. The minimum Gasteiger partial charge on any atom is -0.290 e. The Morgan fingerprint density at radius 1 is 1.13 bits per heavy atom. The zero-order valence-electron chi connectivity index (χ0n) is 14.0. The van der Waals surface area contributed by atoms with Gasteiger partial charge in [-0.25, -0.2) is 5.01 Å². The highest BCUT2D eigenvalue weighted by molar-refractivity contribution is 5.44. The third kappa shape index (κ3) is 3.47. The van der Waals surface area contributed by atoms with E-state index in [1.54, 1.807) is 0 Å². The number of nitrogens with two attached hydrogens (primary N) is 1. The Balaban J connectivity index is 2.04. The molecule has 1 atom stereocenters. The predicted octanol–water partition coefficient (Wildman–Crippen LogP) is 3.22. The first-order valence-electron chi connectivity index (χ1n) is 8.51. The maximum Gasteiger partial charge on any atom is 0.0604 e. The first-order chi connectivity index (χ1) is 11.2. The van der Waals surface area contributed by atoms with Crippen molar-refractivity contribution in [3.63, 3.8) is 0 Å². The van der Waals surface area contributed by atoms with Gasteiger partial charge in [0.1, 0.15) is 0 Å². The molecule has 1 heterocycles. The molecule has 0 aromatic heterocycles. The van der Waals surface area contributed by atoms with Crippen molar-refractivity contribution in [3.8, 4) is 0 Å². The summed E-state index contributed by atoms with van der Waals surface area (Å²) < 4.78 is 0. The van der Waals surface area contributed by atoms with Crippen LogP contribution in [0, 0.1) is 0 Å². The molecule has 1 aromatic carbocycles. The zero-order chi connectivity index (χ0) is 16.2. The van der Waals surface area contributed by atoms with Crippen molar-refractivity contribution in [1.82, 2.24) is 9.91 Å². The SMILES string of the molecule is C=C/C=C\C1=C(C)CCc2ccccc2C1N1CCN(N)CC1. The predicted molar refractivity (Wildman–Crippen MR) is 96.9 cm³/mol. The summed E-state index contributed by atoms with van der Waals surface area (Å²) in [4.78, 5) is 2.58. The van der Waals surface area contributed by atoms with Crippen LogP contribution in [0.1, 0.15) is 30.5 Å². The number of fused-ring (bicyclic) bond motifs is 1. The number of hydrogen-bond donors (Lipinski definition) is 1. The largest absolute Gasteiger partial charge is 0.290 e. The molecule has 0 bridgehead atoms. The first kappa shape index (κ1) is 16.2. The van der Waals surface area contributed by atoms with E-state index < -0.39 is 0 Å². The third-order valence-corrected chi connectivity index (χ3v) is 5.03. The summed E-state index contributed by atoms with van der Waals surface area (Å²) in [6, 6.07) is 9.25. The highest BCUT2D eigenvalue weighted by atomic mass is 15.4. The van der Waals surface area contributed by atoms with Crippen LogP contribution in [0.2, 0.25) is 0 Å². The number of benzene rings is 1. The second-order valence-electron chi connectivity index (χ2n) is 6.50. The number of rotatable bonds is 3. The summed E-state index contributed by atoms with van der Waals surface area (Å²) in [7, 11) is 0. The normalized spacial score (nSPS) is 23.8. The smallest absolute Gasteiger partial charge is 0.0604 e. The van der Waals surface area contributed by atoms with E-state index in [1.165, 1.54) is 22.3 Å². The van der Waals surface area contributed by atoms with E-state index >= 15 is 0 Å². The van der Waals surface area contributed by atoms with Crippen LogP contribution in [0.25, 0.3) is 0 Å². The Kier molecular flexibility index (Phi) is 5.11. The van der Waals surface area contributed by atoms with Crippen LogP contribution < -0.4 is 5.84 Å². The average Bonchev–Trinajstić information content (AvgIpc) is 2.71. The number of hydrogen-bond acceptors (Lipinski definition) is 3. The Labute approximate surface area is 139 Å². The van der Waals surface area contributed by atoms with E-state index in [0.29, 0.717) is 6.04 Å². The van der Waals surface area contributed by atoms with Gasteiger partial charge < -0.3 is 0 Å². The highest BCUT2D eigenvalue weighted by Crippen LogP contribution is 2.38. The Hall–Kier alpha value is -1.68. The number of piperazine rings is 1. The van der Waals surface area contributed by atoms with Gasteiger partial charge in [-0.05, 0) is 36.5 Å². The second-order valence-corrected chi connectivity index (χ2v) is 6.50. The van der Waals surface area contributed by atoms with Gasteiger partial charge in [0, 0.05) is 26.2 Å². The molecule has 0 amide bonds. The Morgan fingerprint density at radius 2 is 1.87 bits per heavy atom. The lowest BCUT2D eigenvalue weighted by Crippen LogP contribution is -2.50. The molecule has 1 aliphatic heterocycles. The first-order valence-corrected chi connectivity index (χ1v) is 8.51. The molecule has 1 unspecified atom stereocenters. The molecular weight excluding hydrogens is 282 g/mol. The molecule has 1 saturated heterocycles. The van der Waals surface area contributed by atoms with Gasteiger partial charge in [0.15, 0.2) is 0 Å². The average molecular weight is 309 g/mol. The van der Waals surface area contributed by atoms with Crippen LogP contribution in [-0.2, 0) is 6.42 Å². The van der Waals surface area contributed by atoms with Gasteiger partial charge >= 0.3 is 0 Å². The lowest BCUT2D eigenvalue weighted by atomic mass is 9.92. The van der Waals surface area contributed by atoms with Crippen LogP contribution in [-0.4, -0.2) is 36.1 Å². The van der Waals surface area contributed by atoms with Crippen molar-refractivity contribution in [2.24, 2.45) is 5.84 Å². The molecule has 1 fully saturated rings. The van der Waals surface area contributed by atoms with Gasteiger partial charge in [-0.1, -0.05) is 54.6 Å². The maximum atomic E-state index is 5.96. The number of hydrazine groups is 1.